The molecule has 1 unspecified atom stereocenters. The van der Waals surface area contributed by atoms with Gasteiger partial charge in [-0.05, 0) is 25.7 Å². The molecule has 0 aliphatic heterocycles. The van der Waals surface area contributed by atoms with Gasteiger partial charge in [-0.3, -0.25) is 14.9 Å². The molecule has 0 spiro atoms. The van der Waals surface area contributed by atoms with Crippen LogP contribution in [0, 0.1) is 23.0 Å². The number of rotatable bonds is 8. The lowest BCUT2D eigenvalue weighted by Crippen LogP contribution is -2.09. The lowest BCUT2D eigenvalue weighted by Gasteiger charge is -2.11. The highest BCUT2D eigenvalue weighted by Crippen LogP contribution is 2.20. The molecule has 1 aromatic rings. The first-order valence-corrected chi connectivity index (χ1v) is 6.47. The first-order valence-electron chi connectivity index (χ1n) is 6.47. The van der Waals surface area contributed by atoms with Gasteiger partial charge in [0, 0.05) is 24.7 Å². The smallest absolute Gasteiger partial charge is 0.303 e. The molecule has 2 N–H and O–H groups in total. The molecule has 1 atom stereocenters. The van der Waals surface area contributed by atoms with E-state index >= 15 is 0 Å². The van der Waals surface area contributed by atoms with Gasteiger partial charge >= 0.3 is 5.97 Å². The Hall–Kier alpha value is -2.18. The van der Waals surface area contributed by atoms with Crippen LogP contribution < -0.4 is 5.32 Å². The first-order chi connectivity index (χ1) is 9.40. The van der Waals surface area contributed by atoms with Crippen molar-refractivity contribution in [3.8, 4) is 0 Å². The van der Waals surface area contributed by atoms with Crippen LogP contribution >= 0.6 is 0 Å². The predicted octanol–water partition coefficient (Wildman–Crippen LogP) is 2.60. The Labute approximate surface area is 117 Å². The number of aliphatic carboxylic acids is 1. The summed E-state index contributed by atoms with van der Waals surface area (Å²) in [7, 11) is 0. The molecule has 7 nitrogen and oxygen atoms in total. The van der Waals surface area contributed by atoms with Gasteiger partial charge in [-0.25, -0.2) is 4.98 Å². The number of hydrogen-bond donors (Lipinski definition) is 2. The second kappa shape index (κ2) is 7.42. The number of aromatic nitrogens is 1. The van der Waals surface area contributed by atoms with E-state index in [2.05, 4.69) is 10.3 Å². The maximum Gasteiger partial charge on any atom is 0.303 e. The number of nitrogens with zero attached hydrogens (tertiary/aromatic N) is 2. The fourth-order valence-corrected chi connectivity index (χ4v) is 1.77. The molecule has 0 saturated heterocycles. The Balaban J connectivity index is 2.44. The molecule has 0 radical (unpaired) electrons. The van der Waals surface area contributed by atoms with Crippen molar-refractivity contribution in [1.29, 1.82) is 0 Å². The van der Waals surface area contributed by atoms with Crippen LogP contribution in [-0.4, -0.2) is 27.5 Å². The van der Waals surface area contributed by atoms with Crippen molar-refractivity contribution in [3.63, 3.8) is 0 Å². The predicted molar refractivity (Wildman–Crippen MR) is 74.8 cm³/mol. The van der Waals surface area contributed by atoms with Crippen molar-refractivity contribution in [1.82, 2.24) is 4.98 Å². The third kappa shape index (κ3) is 5.21. The molecule has 7 heteroatoms. The van der Waals surface area contributed by atoms with E-state index in [9.17, 15) is 14.9 Å². The maximum absolute atomic E-state index is 10.8. The van der Waals surface area contributed by atoms with E-state index in [1.807, 2.05) is 6.92 Å². The van der Waals surface area contributed by atoms with E-state index in [-0.39, 0.29) is 18.0 Å². The molecule has 0 aliphatic rings. The van der Waals surface area contributed by atoms with Crippen LogP contribution in [0.15, 0.2) is 12.3 Å². The molecule has 0 aliphatic carbocycles. The van der Waals surface area contributed by atoms with Gasteiger partial charge in [-0.2, -0.15) is 0 Å². The van der Waals surface area contributed by atoms with E-state index in [4.69, 9.17) is 5.11 Å². The monoisotopic (exact) mass is 281 g/mol. The Morgan fingerprint density at radius 1 is 1.55 bits per heavy atom. The summed E-state index contributed by atoms with van der Waals surface area (Å²) in [5.74, 6) is -0.0487. The van der Waals surface area contributed by atoms with Crippen LogP contribution in [0.3, 0.4) is 0 Å². The fraction of sp³-hybridized carbons (Fsp3) is 0.538. The van der Waals surface area contributed by atoms with Gasteiger partial charge in [0.15, 0.2) is 0 Å². The van der Waals surface area contributed by atoms with Crippen molar-refractivity contribution >= 4 is 17.5 Å². The van der Waals surface area contributed by atoms with Gasteiger partial charge in [0.25, 0.3) is 5.69 Å². The topological polar surface area (TPSA) is 105 Å². The minimum Gasteiger partial charge on any atom is -0.481 e. The SMILES string of the molecule is Cc1cnc(NCCC(C)CCC(=O)O)cc1[N+](=O)[O-]. The lowest BCUT2D eigenvalue weighted by atomic mass is 10.0. The number of nitro groups is 1. The molecule has 1 heterocycles. The molecule has 1 rings (SSSR count). The normalized spacial score (nSPS) is 11.9. The van der Waals surface area contributed by atoms with E-state index in [1.165, 1.54) is 12.3 Å². The number of carbonyl (C=O) groups is 1. The van der Waals surface area contributed by atoms with Crippen molar-refractivity contribution in [2.45, 2.75) is 33.1 Å². The van der Waals surface area contributed by atoms with Gasteiger partial charge in [-0.15, -0.1) is 0 Å². The summed E-state index contributed by atoms with van der Waals surface area (Å²) >= 11 is 0. The second-order valence-electron chi connectivity index (χ2n) is 4.87. The van der Waals surface area contributed by atoms with E-state index in [0.29, 0.717) is 24.3 Å². The minimum absolute atomic E-state index is 0.0430. The van der Waals surface area contributed by atoms with Crippen molar-refractivity contribution in [2.75, 3.05) is 11.9 Å². The summed E-state index contributed by atoms with van der Waals surface area (Å²) in [5.41, 5.74) is 0.566. The average Bonchev–Trinajstić information content (AvgIpc) is 2.38. The number of carboxylic acid groups (broad SMARTS) is 1. The summed E-state index contributed by atoms with van der Waals surface area (Å²) < 4.78 is 0. The van der Waals surface area contributed by atoms with E-state index in [0.717, 1.165) is 6.42 Å². The van der Waals surface area contributed by atoms with Crippen LogP contribution in [0.5, 0.6) is 0 Å². The summed E-state index contributed by atoms with van der Waals surface area (Å²) in [6.45, 7) is 4.23. The van der Waals surface area contributed by atoms with Crippen molar-refractivity contribution < 1.29 is 14.8 Å². The third-order valence-corrected chi connectivity index (χ3v) is 3.07. The zero-order valence-electron chi connectivity index (χ0n) is 11.6. The molecule has 0 aromatic carbocycles. The summed E-state index contributed by atoms with van der Waals surface area (Å²) in [4.78, 5) is 24.9. The number of carboxylic acids is 1. The zero-order chi connectivity index (χ0) is 15.1. The van der Waals surface area contributed by atoms with Crippen LogP contribution in [0.4, 0.5) is 11.5 Å². The molecule has 110 valence electrons. The van der Waals surface area contributed by atoms with Gasteiger partial charge in [-0.1, -0.05) is 6.92 Å². The quantitative estimate of drug-likeness (QED) is 0.560. The van der Waals surface area contributed by atoms with Gasteiger partial charge in [0.2, 0.25) is 0 Å². The Morgan fingerprint density at radius 3 is 2.85 bits per heavy atom. The van der Waals surface area contributed by atoms with E-state index in [1.54, 1.807) is 6.92 Å². The lowest BCUT2D eigenvalue weighted by molar-refractivity contribution is -0.385. The molecule has 0 fully saturated rings. The molecule has 20 heavy (non-hydrogen) atoms. The highest BCUT2D eigenvalue weighted by Gasteiger charge is 2.12. The number of pyridine rings is 1. The molecular formula is C13H19N3O4. The Morgan fingerprint density at radius 2 is 2.25 bits per heavy atom. The largest absolute Gasteiger partial charge is 0.481 e. The van der Waals surface area contributed by atoms with Crippen LogP contribution in [0.2, 0.25) is 0 Å². The Kier molecular flexibility index (Phi) is 5.89. The first kappa shape index (κ1) is 15.9. The summed E-state index contributed by atoms with van der Waals surface area (Å²) in [6, 6.07) is 1.41. The summed E-state index contributed by atoms with van der Waals surface area (Å²) in [6.07, 6.45) is 3.04. The number of hydrogen-bond acceptors (Lipinski definition) is 5. The van der Waals surface area contributed by atoms with Gasteiger partial charge in [0.05, 0.1) is 11.0 Å². The second-order valence-corrected chi connectivity index (χ2v) is 4.87. The summed E-state index contributed by atoms with van der Waals surface area (Å²) in [5, 5.41) is 22.4. The number of nitrogens with one attached hydrogen (secondary N) is 1. The molecule has 0 amide bonds. The molecule has 1 aromatic heterocycles. The Bertz CT molecular complexity index is 491. The van der Waals surface area contributed by atoms with Crippen LogP contribution in [0.1, 0.15) is 31.7 Å². The van der Waals surface area contributed by atoms with E-state index < -0.39 is 10.9 Å². The molecule has 0 saturated carbocycles. The van der Waals surface area contributed by atoms with Crippen LogP contribution in [-0.2, 0) is 4.79 Å². The van der Waals surface area contributed by atoms with Gasteiger partial charge in [0.1, 0.15) is 5.82 Å². The standard InChI is InChI=1S/C13H19N3O4/c1-9(3-4-13(17)18)5-6-14-12-7-11(16(19)20)10(2)8-15-12/h7-9H,3-6H2,1-2H3,(H,14,15)(H,17,18). The maximum atomic E-state index is 10.8. The molecule has 0 bridgehead atoms. The molecular weight excluding hydrogens is 262 g/mol. The number of aryl methyl sites for hydroxylation is 1. The van der Waals surface area contributed by atoms with Crippen molar-refractivity contribution in [3.05, 3.63) is 27.9 Å². The van der Waals surface area contributed by atoms with Crippen molar-refractivity contribution in [2.24, 2.45) is 5.92 Å². The number of anilines is 1. The average molecular weight is 281 g/mol. The highest BCUT2D eigenvalue weighted by atomic mass is 16.6. The minimum atomic E-state index is -0.791. The third-order valence-electron chi connectivity index (χ3n) is 3.07. The highest BCUT2D eigenvalue weighted by molar-refractivity contribution is 5.66. The van der Waals surface area contributed by atoms with Gasteiger partial charge < -0.3 is 10.4 Å². The zero-order valence-corrected chi connectivity index (χ0v) is 11.6. The fourth-order valence-electron chi connectivity index (χ4n) is 1.77. The van der Waals surface area contributed by atoms with Crippen LogP contribution in [0.25, 0.3) is 0 Å².